The number of benzene rings is 1. The average Bonchev–Trinajstić information content (AvgIpc) is 2.61. The SMILES string of the molecule is Cc1ccc(-c2c(C(N)=O)[nH]c(=O)c3nccc(C(O)CC(C)C)c23)cc1. The molecule has 27 heavy (non-hydrogen) atoms. The van der Waals surface area contributed by atoms with Gasteiger partial charge in [-0.15, -0.1) is 0 Å². The van der Waals surface area contributed by atoms with Gasteiger partial charge in [0.05, 0.1) is 6.10 Å². The summed E-state index contributed by atoms with van der Waals surface area (Å²) < 4.78 is 0. The number of pyridine rings is 2. The summed E-state index contributed by atoms with van der Waals surface area (Å²) in [5.41, 5.74) is 8.08. The van der Waals surface area contributed by atoms with Crippen LogP contribution in [0.4, 0.5) is 0 Å². The summed E-state index contributed by atoms with van der Waals surface area (Å²) in [5, 5.41) is 11.2. The third-order valence-corrected chi connectivity index (χ3v) is 4.58. The molecule has 3 rings (SSSR count). The summed E-state index contributed by atoms with van der Waals surface area (Å²) in [7, 11) is 0. The van der Waals surface area contributed by atoms with Crippen LogP contribution in [-0.4, -0.2) is 21.0 Å². The maximum absolute atomic E-state index is 12.5. The number of carbonyl (C=O) groups excluding carboxylic acids is 1. The van der Waals surface area contributed by atoms with E-state index < -0.39 is 17.6 Å². The fraction of sp³-hybridized carbons (Fsp3) is 0.286. The minimum Gasteiger partial charge on any atom is -0.388 e. The van der Waals surface area contributed by atoms with Gasteiger partial charge in [0.15, 0.2) is 0 Å². The molecule has 2 aromatic heterocycles. The van der Waals surface area contributed by atoms with E-state index in [1.165, 1.54) is 6.20 Å². The number of nitrogens with one attached hydrogen (secondary N) is 1. The van der Waals surface area contributed by atoms with Gasteiger partial charge in [0.1, 0.15) is 11.2 Å². The zero-order valence-corrected chi connectivity index (χ0v) is 15.6. The number of aliphatic hydroxyl groups excluding tert-OH is 1. The molecule has 2 heterocycles. The summed E-state index contributed by atoms with van der Waals surface area (Å²) in [6, 6.07) is 9.24. The van der Waals surface area contributed by atoms with Crippen molar-refractivity contribution in [2.24, 2.45) is 11.7 Å². The van der Waals surface area contributed by atoms with E-state index in [9.17, 15) is 14.7 Å². The van der Waals surface area contributed by atoms with Crippen LogP contribution in [0.1, 0.15) is 48.0 Å². The van der Waals surface area contributed by atoms with Crippen LogP contribution in [0.5, 0.6) is 0 Å². The Labute approximate surface area is 157 Å². The van der Waals surface area contributed by atoms with Crippen molar-refractivity contribution in [2.75, 3.05) is 0 Å². The number of aromatic amines is 1. The molecule has 0 saturated carbocycles. The lowest BCUT2D eigenvalue weighted by Gasteiger charge is -2.19. The highest BCUT2D eigenvalue weighted by atomic mass is 16.3. The summed E-state index contributed by atoms with van der Waals surface area (Å²) in [6.45, 7) is 5.98. The molecular weight excluding hydrogens is 342 g/mol. The summed E-state index contributed by atoms with van der Waals surface area (Å²) in [5.74, 6) is -0.485. The molecule has 0 spiro atoms. The van der Waals surface area contributed by atoms with Gasteiger partial charge < -0.3 is 15.8 Å². The van der Waals surface area contributed by atoms with Gasteiger partial charge in [0.2, 0.25) is 0 Å². The van der Waals surface area contributed by atoms with E-state index in [4.69, 9.17) is 5.73 Å². The molecule has 1 unspecified atom stereocenters. The molecule has 1 aromatic carbocycles. The molecule has 1 atom stereocenters. The number of fused-ring (bicyclic) bond motifs is 1. The Morgan fingerprint density at radius 2 is 1.89 bits per heavy atom. The first-order valence-corrected chi connectivity index (χ1v) is 8.89. The predicted molar refractivity (Wildman–Crippen MR) is 105 cm³/mol. The molecule has 6 nitrogen and oxygen atoms in total. The second-order valence-corrected chi connectivity index (χ2v) is 7.20. The Bertz CT molecular complexity index is 1050. The number of aryl methyl sites for hydroxylation is 1. The standard InChI is InChI=1S/C21H23N3O3/c1-11(2)10-15(25)14-8-9-23-19-17(14)16(13-6-4-12(3)5-7-13)18(20(22)26)24-21(19)27/h4-9,11,15,25H,10H2,1-3H3,(H2,22,26)(H,24,27). The normalized spacial score (nSPS) is 12.5. The van der Waals surface area contributed by atoms with Gasteiger partial charge in [-0.05, 0) is 36.5 Å². The molecule has 140 valence electrons. The molecule has 4 N–H and O–H groups in total. The Balaban J connectivity index is 2.44. The Hall–Kier alpha value is -2.99. The van der Waals surface area contributed by atoms with Crippen LogP contribution >= 0.6 is 0 Å². The van der Waals surface area contributed by atoms with Gasteiger partial charge in [-0.1, -0.05) is 43.7 Å². The topological polar surface area (TPSA) is 109 Å². The molecule has 0 fully saturated rings. The minimum absolute atomic E-state index is 0.0161. The molecule has 0 aliphatic heterocycles. The van der Waals surface area contributed by atoms with Crippen LogP contribution in [0.25, 0.3) is 22.0 Å². The number of nitrogens with two attached hydrogens (primary N) is 1. The molecular formula is C21H23N3O3. The van der Waals surface area contributed by atoms with Crippen molar-refractivity contribution >= 4 is 16.8 Å². The quantitative estimate of drug-likeness (QED) is 0.645. The minimum atomic E-state index is -0.790. The van der Waals surface area contributed by atoms with Crippen molar-refractivity contribution < 1.29 is 9.90 Å². The fourth-order valence-corrected chi connectivity index (χ4v) is 3.32. The van der Waals surface area contributed by atoms with Crippen LogP contribution in [-0.2, 0) is 0 Å². The molecule has 1 amide bonds. The van der Waals surface area contributed by atoms with Crippen molar-refractivity contribution in [1.29, 1.82) is 0 Å². The zero-order chi connectivity index (χ0) is 19.7. The van der Waals surface area contributed by atoms with Gasteiger partial charge in [0.25, 0.3) is 11.5 Å². The second-order valence-electron chi connectivity index (χ2n) is 7.20. The third kappa shape index (κ3) is 3.61. The number of rotatable bonds is 5. The molecule has 0 aliphatic carbocycles. The fourth-order valence-electron chi connectivity index (χ4n) is 3.32. The highest BCUT2D eigenvalue weighted by Gasteiger charge is 2.23. The van der Waals surface area contributed by atoms with Gasteiger partial charge in [-0.25, -0.2) is 0 Å². The van der Waals surface area contributed by atoms with Crippen LogP contribution < -0.4 is 11.3 Å². The lowest BCUT2D eigenvalue weighted by atomic mass is 9.91. The van der Waals surface area contributed by atoms with Gasteiger partial charge in [0, 0.05) is 17.1 Å². The highest BCUT2D eigenvalue weighted by molar-refractivity contribution is 6.07. The summed E-state index contributed by atoms with van der Waals surface area (Å²) in [4.78, 5) is 31.4. The van der Waals surface area contributed by atoms with E-state index in [-0.39, 0.29) is 17.1 Å². The van der Waals surface area contributed by atoms with E-state index in [1.807, 2.05) is 45.0 Å². The van der Waals surface area contributed by atoms with Crippen molar-refractivity contribution in [1.82, 2.24) is 9.97 Å². The van der Waals surface area contributed by atoms with Gasteiger partial charge >= 0.3 is 0 Å². The summed E-state index contributed by atoms with van der Waals surface area (Å²) in [6.07, 6.45) is 1.23. The third-order valence-electron chi connectivity index (χ3n) is 4.58. The molecule has 0 aliphatic rings. The van der Waals surface area contributed by atoms with Crippen LogP contribution in [0, 0.1) is 12.8 Å². The number of carbonyl (C=O) groups is 1. The van der Waals surface area contributed by atoms with E-state index in [1.54, 1.807) is 6.07 Å². The maximum Gasteiger partial charge on any atom is 0.275 e. The molecule has 0 saturated heterocycles. The Morgan fingerprint density at radius 1 is 1.22 bits per heavy atom. The van der Waals surface area contributed by atoms with Gasteiger partial charge in [-0.3, -0.25) is 14.6 Å². The number of aromatic nitrogens is 2. The first-order chi connectivity index (χ1) is 12.8. The van der Waals surface area contributed by atoms with E-state index in [0.29, 0.717) is 22.9 Å². The molecule has 0 bridgehead atoms. The van der Waals surface area contributed by atoms with E-state index in [0.717, 1.165) is 11.1 Å². The molecule has 3 aromatic rings. The average molecular weight is 365 g/mol. The lowest BCUT2D eigenvalue weighted by Crippen LogP contribution is -2.22. The number of aliphatic hydroxyl groups is 1. The van der Waals surface area contributed by atoms with Crippen molar-refractivity contribution in [3.05, 3.63) is 63.7 Å². The van der Waals surface area contributed by atoms with E-state index in [2.05, 4.69) is 9.97 Å². The van der Waals surface area contributed by atoms with E-state index >= 15 is 0 Å². The zero-order valence-electron chi connectivity index (χ0n) is 15.6. The number of hydrogen-bond acceptors (Lipinski definition) is 4. The number of nitrogens with zero attached hydrogens (tertiary/aromatic N) is 1. The van der Waals surface area contributed by atoms with Crippen LogP contribution in [0.3, 0.4) is 0 Å². The van der Waals surface area contributed by atoms with Crippen molar-refractivity contribution in [3.63, 3.8) is 0 Å². The number of amides is 1. The van der Waals surface area contributed by atoms with Crippen molar-refractivity contribution in [3.8, 4) is 11.1 Å². The molecule has 6 heteroatoms. The number of primary amides is 1. The van der Waals surface area contributed by atoms with Crippen LogP contribution in [0.15, 0.2) is 41.3 Å². The highest BCUT2D eigenvalue weighted by Crippen LogP contribution is 2.35. The summed E-state index contributed by atoms with van der Waals surface area (Å²) >= 11 is 0. The molecule has 0 radical (unpaired) electrons. The lowest BCUT2D eigenvalue weighted by molar-refractivity contribution is 0.0996. The Kier molecular flexibility index (Phi) is 5.10. The Morgan fingerprint density at radius 3 is 2.48 bits per heavy atom. The van der Waals surface area contributed by atoms with Crippen LogP contribution in [0.2, 0.25) is 0 Å². The maximum atomic E-state index is 12.5. The predicted octanol–water partition coefficient (Wildman–Crippen LogP) is 3.08. The number of H-pyrrole nitrogens is 1. The number of hydrogen-bond donors (Lipinski definition) is 3. The second kappa shape index (κ2) is 7.32. The monoisotopic (exact) mass is 365 g/mol. The first kappa shape index (κ1) is 18.8. The largest absolute Gasteiger partial charge is 0.388 e. The van der Waals surface area contributed by atoms with Gasteiger partial charge in [-0.2, -0.15) is 0 Å². The van der Waals surface area contributed by atoms with Crippen molar-refractivity contribution in [2.45, 2.75) is 33.3 Å². The smallest absolute Gasteiger partial charge is 0.275 e. The first-order valence-electron chi connectivity index (χ1n) is 8.89.